The van der Waals surface area contributed by atoms with E-state index >= 15 is 0 Å². The molecule has 3 nitrogen and oxygen atoms in total. The number of halogens is 2. The minimum atomic E-state index is -1.18. The fourth-order valence-electron chi connectivity index (χ4n) is 3.55. The molecule has 0 amide bonds. The Labute approximate surface area is 182 Å². The lowest BCUT2D eigenvalue weighted by Crippen LogP contribution is -2.22. The van der Waals surface area contributed by atoms with Gasteiger partial charge in [-0.15, -0.1) is 0 Å². The van der Waals surface area contributed by atoms with Crippen molar-refractivity contribution in [1.82, 2.24) is 9.78 Å². The van der Waals surface area contributed by atoms with Crippen molar-refractivity contribution in [2.75, 3.05) is 6.61 Å². The average Bonchev–Trinajstić information content (AvgIpc) is 3.09. The highest BCUT2D eigenvalue weighted by atomic mass is 28.3. The van der Waals surface area contributed by atoms with Gasteiger partial charge in [0.2, 0.25) is 0 Å². The number of hydrogen-bond acceptors (Lipinski definition) is 2. The highest BCUT2D eigenvalue weighted by Crippen LogP contribution is 2.33. The van der Waals surface area contributed by atoms with Crippen LogP contribution in [0, 0.1) is 11.6 Å². The van der Waals surface area contributed by atoms with Gasteiger partial charge in [0, 0.05) is 25.6 Å². The van der Waals surface area contributed by atoms with E-state index in [-0.39, 0.29) is 5.56 Å². The molecule has 6 heteroatoms. The van der Waals surface area contributed by atoms with Crippen molar-refractivity contribution >= 4 is 19.0 Å². The largest absolute Gasteiger partial charge is 0.360 e. The molecule has 0 bridgehead atoms. The van der Waals surface area contributed by atoms with Crippen LogP contribution in [0.3, 0.4) is 0 Å². The fourth-order valence-corrected chi connectivity index (χ4v) is 4.30. The molecule has 0 spiro atoms. The first kappa shape index (κ1) is 21.4. The smallest absolute Gasteiger partial charge is 0.140 e. The zero-order chi connectivity index (χ0) is 22.0. The lowest BCUT2D eigenvalue weighted by atomic mass is 10.0. The summed E-state index contributed by atoms with van der Waals surface area (Å²) in [6.45, 7) is 7.97. The molecule has 3 aromatic carbocycles. The molecule has 4 aromatic rings. The van der Waals surface area contributed by atoms with Gasteiger partial charge in [0.15, 0.2) is 0 Å². The molecule has 0 saturated heterocycles. The maximum Gasteiger partial charge on any atom is 0.140 e. The molecule has 0 N–H and O–H groups in total. The molecule has 31 heavy (non-hydrogen) atoms. The summed E-state index contributed by atoms with van der Waals surface area (Å²) in [5, 5.41) is 5.62. The Morgan fingerprint density at radius 3 is 2.26 bits per heavy atom. The third-order valence-corrected chi connectivity index (χ3v) is 6.96. The van der Waals surface area contributed by atoms with Crippen LogP contribution in [0.25, 0.3) is 33.3 Å². The number of benzene rings is 3. The van der Waals surface area contributed by atoms with Crippen LogP contribution in [-0.4, -0.2) is 24.5 Å². The van der Waals surface area contributed by atoms with Gasteiger partial charge in [0.1, 0.15) is 24.1 Å². The predicted molar refractivity (Wildman–Crippen MR) is 125 cm³/mol. The van der Waals surface area contributed by atoms with Gasteiger partial charge in [-0.2, -0.15) is 5.10 Å². The van der Waals surface area contributed by atoms with Gasteiger partial charge in [-0.3, -0.25) is 0 Å². The van der Waals surface area contributed by atoms with Crippen molar-refractivity contribution in [2.45, 2.75) is 32.4 Å². The second-order valence-electron chi connectivity index (χ2n) is 8.89. The summed E-state index contributed by atoms with van der Waals surface area (Å²) >= 11 is 0. The van der Waals surface area contributed by atoms with Crippen LogP contribution in [0.4, 0.5) is 8.78 Å². The standard InChI is InChI=1S/C25H26F2N2OSi/c1-31(2,3)15-14-30-17-29-23-13-12-19(24-21(26)10-7-11-22(24)27)16-20(23)25(28-29)18-8-5-4-6-9-18/h4-13,16H,14-15,17H2,1-3H3. The number of rotatable bonds is 7. The van der Waals surface area contributed by atoms with Crippen LogP contribution in [-0.2, 0) is 11.5 Å². The van der Waals surface area contributed by atoms with E-state index in [2.05, 4.69) is 19.6 Å². The molecule has 0 atom stereocenters. The van der Waals surface area contributed by atoms with Crippen molar-refractivity contribution in [2.24, 2.45) is 0 Å². The molecule has 0 aliphatic heterocycles. The van der Waals surface area contributed by atoms with Crippen LogP contribution in [0.15, 0.2) is 66.7 Å². The summed E-state index contributed by atoms with van der Waals surface area (Å²) in [7, 11) is -1.18. The Kier molecular flexibility index (Phi) is 6.02. The van der Waals surface area contributed by atoms with Crippen LogP contribution in [0.2, 0.25) is 25.7 Å². The fraction of sp³-hybridized carbons (Fsp3) is 0.240. The summed E-state index contributed by atoms with van der Waals surface area (Å²) in [5.41, 5.74) is 3.04. The van der Waals surface area contributed by atoms with Gasteiger partial charge in [0.05, 0.1) is 11.1 Å². The first-order chi connectivity index (χ1) is 14.8. The third kappa shape index (κ3) is 4.75. The minimum Gasteiger partial charge on any atom is -0.360 e. The van der Waals surface area contributed by atoms with E-state index in [1.165, 1.54) is 18.2 Å². The van der Waals surface area contributed by atoms with Gasteiger partial charge in [0.25, 0.3) is 0 Å². The zero-order valence-electron chi connectivity index (χ0n) is 18.0. The molecule has 0 saturated carbocycles. The molecule has 160 valence electrons. The third-order valence-electron chi connectivity index (χ3n) is 5.26. The maximum absolute atomic E-state index is 14.4. The van der Waals surface area contributed by atoms with E-state index in [9.17, 15) is 8.78 Å². The van der Waals surface area contributed by atoms with Crippen LogP contribution >= 0.6 is 0 Å². The van der Waals surface area contributed by atoms with Crippen molar-refractivity contribution < 1.29 is 13.5 Å². The molecule has 4 rings (SSSR count). The predicted octanol–water partition coefficient (Wildman–Crippen LogP) is 6.96. The molecular formula is C25H26F2N2OSi. The van der Waals surface area contributed by atoms with E-state index in [4.69, 9.17) is 9.84 Å². The zero-order valence-corrected chi connectivity index (χ0v) is 19.0. The Hall–Kier alpha value is -2.83. The molecule has 0 fully saturated rings. The van der Waals surface area contributed by atoms with E-state index in [1.807, 2.05) is 47.1 Å². The van der Waals surface area contributed by atoms with Crippen molar-refractivity contribution in [3.05, 3.63) is 78.4 Å². The highest BCUT2D eigenvalue weighted by molar-refractivity contribution is 6.76. The molecule has 1 aromatic heterocycles. The van der Waals surface area contributed by atoms with Gasteiger partial charge in [-0.25, -0.2) is 13.5 Å². The monoisotopic (exact) mass is 436 g/mol. The van der Waals surface area contributed by atoms with Gasteiger partial charge in [-0.1, -0.05) is 62.1 Å². The topological polar surface area (TPSA) is 27.1 Å². The van der Waals surface area contributed by atoms with Crippen LogP contribution in [0.1, 0.15) is 0 Å². The van der Waals surface area contributed by atoms with E-state index < -0.39 is 19.7 Å². The molecule has 1 heterocycles. The average molecular weight is 437 g/mol. The van der Waals surface area contributed by atoms with Crippen LogP contribution < -0.4 is 0 Å². The summed E-state index contributed by atoms with van der Waals surface area (Å²) in [4.78, 5) is 0. The van der Waals surface area contributed by atoms with E-state index in [0.29, 0.717) is 18.9 Å². The Balaban J connectivity index is 1.76. The molecule has 0 aliphatic carbocycles. The SMILES string of the molecule is C[Si](C)(C)CCOCn1nc(-c2ccccc2)c2cc(-c3c(F)cccc3F)ccc21. The van der Waals surface area contributed by atoms with Crippen molar-refractivity contribution in [3.63, 3.8) is 0 Å². The Morgan fingerprint density at radius 1 is 0.871 bits per heavy atom. The number of hydrogen-bond donors (Lipinski definition) is 0. The summed E-state index contributed by atoms with van der Waals surface area (Å²) < 4.78 is 36.5. The molecular weight excluding hydrogens is 410 g/mol. The summed E-state index contributed by atoms with van der Waals surface area (Å²) in [6.07, 6.45) is 0. The minimum absolute atomic E-state index is 0.0254. The van der Waals surface area contributed by atoms with Gasteiger partial charge < -0.3 is 4.74 Å². The molecule has 0 radical (unpaired) electrons. The molecule has 0 aliphatic rings. The second kappa shape index (κ2) is 8.73. The van der Waals surface area contributed by atoms with Gasteiger partial charge >= 0.3 is 0 Å². The van der Waals surface area contributed by atoms with Crippen molar-refractivity contribution in [3.8, 4) is 22.4 Å². The summed E-state index contributed by atoms with van der Waals surface area (Å²) in [6, 6.07) is 20.2. The number of fused-ring (bicyclic) bond motifs is 1. The maximum atomic E-state index is 14.4. The summed E-state index contributed by atoms with van der Waals surface area (Å²) in [5.74, 6) is -1.16. The van der Waals surface area contributed by atoms with Crippen LogP contribution in [0.5, 0.6) is 0 Å². The second-order valence-corrected chi connectivity index (χ2v) is 14.5. The first-order valence-electron chi connectivity index (χ1n) is 10.4. The number of nitrogens with zero attached hydrogens (tertiary/aromatic N) is 2. The first-order valence-corrected chi connectivity index (χ1v) is 14.1. The van der Waals surface area contributed by atoms with E-state index in [1.54, 1.807) is 6.07 Å². The quantitative estimate of drug-likeness (QED) is 0.231. The van der Waals surface area contributed by atoms with Gasteiger partial charge in [-0.05, 0) is 35.9 Å². The lowest BCUT2D eigenvalue weighted by Gasteiger charge is -2.15. The Morgan fingerprint density at radius 2 is 1.58 bits per heavy atom. The van der Waals surface area contributed by atoms with Crippen molar-refractivity contribution in [1.29, 1.82) is 0 Å². The highest BCUT2D eigenvalue weighted by Gasteiger charge is 2.17. The number of ether oxygens (including phenoxy) is 1. The normalized spacial score (nSPS) is 11.9. The molecule has 0 unspecified atom stereocenters. The number of aromatic nitrogens is 2. The van der Waals surface area contributed by atoms with E-state index in [0.717, 1.165) is 28.2 Å². The lowest BCUT2D eigenvalue weighted by molar-refractivity contribution is 0.0818. The Bertz CT molecular complexity index is 1180.